The van der Waals surface area contributed by atoms with Crippen LogP contribution in [0.15, 0.2) is 30.3 Å². The first kappa shape index (κ1) is 20.9. The lowest BCUT2D eigenvalue weighted by Gasteiger charge is -2.36. The Morgan fingerprint density at radius 1 is 1.15 bits per heavy atom. The molecule has 0 radical (unpaired) electrons. The molecule has 6 heteroatoms. The third kappa shape index (κ3) is 4.68. The molecule has 2 aromatic carbocycles. The minimum absolute atomic E-state index is 0.00164. The Kier molecular flexibility index (Phi) is 5.98. The summed E-state index contributed by atoms with van der Waals surface area (Å²) in [6.45, 7) is 12.8. The van der Waals surface area contributed by atoms with E-state index in [4.69, 9.17) is 14.4 Å². The molecule has 1 N–H and O–H groups in total. The Morgan fingerprint density at radius 2 is 1.78 bits per heavy atom. The topological polar surface area (TPSA) is 62.5 Å². The van der Waals surface area contributed by atoms with E-state index in [2.05, 4.69) is 33.9 Å². The zero-order valence-corrected chi connectivity index (χ0v) is 17.7. The molecular weight excluding hydrogens is 361 g/mol. The molecule has 2 aromatic rings. The first-order chi connectivity index (χ1) is 12.5. The highest BCUT2D eigenvalue weighted by atomic mass is 28.4. The van der Waals surface area contributed by atoms with E-state index in [-0.39, 0.29) is 22.1 Å². The number of phenols is 1. The maximum absolute atomic E-state index is 14.0. The quantitative estimate of drug-likeness (QED) is 0.637. The third-order valence-electron chi connectivity index (χ3n) is 5.14. The summed E-state index contributed by atoms with van der Waals surface area (Å²) < 4.78 is 25.8. The fourth-order valence-corrected chi connectivity index (χ4v) is 3.16. The highest BCUT2D eigenvalue weighted by Crippen LogP contribution is 2.39. The molecule has 0 bridgehead atoms. The first-order valence-corrected chi connectivity index (χ1v) is 11.7. The normalized spacial score (nSPS) is 11.9. The van der Waals surface area contributed by atoms with E-state index in [1.165, 1.54) is 12.1 Å². The van der Waals surface area contributed by atoms with Crippen LogP contribution in [0.2, 0.25) is 18.1 Å². The number of hydrogen-bond acceptors (Lipinski definition) is 4. The molecule has 0 aliphatic heterocycles. The van der Waals surface area contributed by atoms with Crippen molar-refractivity contribution in [2.45, 2.75) is 52.4 Å². The summed E-state index contributed by atoms with van der Waals surface area (Å²) in [5, 5.41) is 19.4. The molecule has 0 atom stereocenters. The Bertz CT molecular complexity index is 882. The van der Waals surface area contributed by atoms with E-state index in [9.17, 15) is 9.50 Å². The number of nitriles is 1. The van der Waals surface area contributed by atoms with Crippen LogP contribution in [0.25, 0.3) is 0 Å². The number of phenolic OH excluding ortho intramolecular Hbond substituents is 1. The van der Waals surface area contributed by atoms with Crippen molar-refractivity contribution >= 4 is 8.32 Å². The Labute approximate surface area is 161 Å². The van der Waals surface area contributed by atoms with Gasteiger partial charge in [-0.3, -0.25) is 0 Å². The highest BCUT2D eigenvalue weighted by Gasteiger charge is 2.37. The van der Waals surface area contributed by atoms with Gasteiger partial charge in [0.1, 0.15) is 11.5 Å². The second kappa shape index (κ2) is 7.71. The molecule has 0 heterocycles. The van der Waals surface area contributed by atoms with E-state index in [0.29, 0.717) is 23.5 Å². The maximum Gasteiger partial charge on any atom is 0.192 e. The molecule has 0 unspecified atom stereocenters. The summed E-state index contributed by atoms with van der Waals surface area (Å²) in [5.74, 6) is -0.188. The van der Waals surface area contributed by atoms with E-state index in [1.54, 1.807) is 19.1 Å². The van der Waals surface area contributed by atoms with Crippen LogP contribution >= 0.6 is 0 Å². The van der Waals surface area contributed by atoms with Gasteiger partial charge in [-0.05, 0) is 55.4 Å². The second-order valence-corrected chi connectivity index (χ2v) is 12.9. The Morgan fingerprint density at radius 3 is 2.33 bits per heavy atom. The average molecular weight is 388 g/mol. The molecule has 0 spiro atoms. The highest BCUT2D eigenvalue weighted by molar-refractivity contribution is 6.74. The van der Waals surface area contributed by atoms with Gasteiger partial charge in [0.25, 0.3) is 0 Å². The summed E-state index contributed by atoms with van der Waals surface area (Å²) in [6.07, 6.45) is 0. The number of benzene rings is 2. The van der Waals surface area contributed by atoms with Crippen molar-refractivity contribution in [3.8, 4) is 23.3 Å². The van der Waals surface area contributed by atoms with E-state index >= 15 is 0 Å². The van der Waals surface area contributed by atoms with E-state index in [1.807, 2.05) is 6.07 Å². The number of nitrogens with zero attached hydrogens (tertiary/aromatic N) is 1. The molecule has 4 nitrogen and oxygen atoms in total. The summed E-state index contributed by atoms with van der Waals surface area (Å²) in [6, 6.07) is 9.30. The lowest BCUT2D eigenvalue weighted by molar-refractivity contribution is 0.270. The van der Waals surface area contributed by atoms with Crippen LogP contribution in [0.3, 0.4) is 0 Å². The molecule has 0 aliphatic carbocycles. The molecule has 0 aliphatic rings. The van der Waals surface area contributed by atoms with Crippen molar-refractivity contribution in [3.63, 3.8) is 0 Å². The first-order valence-electron chi connectivity index (χ1n) is 8.79. The summed E-state index contributed by atoms with van der Waals surface area (Å²) in [7, 11) is -1.94. The maximum atomic E-state index is 14.0. The van der Waals surface area contributed by atoms with Crippen LogP contribution in [-0.4, -0.2) is 13.4 Å². The monoisotopic (exact) mass is 387 g/mol. The second-order valence-electron chi connectivity index (χ2n) is 8.10. The lowest BCUT2D eigenvalue weighted by Crippen LogP contribution is -2.40. The van der Waals surface area contributed by atoms with Gasteiger partial charge in [-0.2, -0.15) is 5.26 Å². The van der Waals surface area contributed by atoms with Crippen molar-refractivity contribution in [1.82, 2.24) is 0 Å². The van der Waals surface area contributed by atoms with Crippen LogP contribution < -0.4 is 4.74 Å². The molecule has 0 saturated carbocycles. The minimum Gasteiger partial charge on any atom is -0.507 e. The smallest absolute Gasteiger partial charge is 0.192 e. The van der Waals surface area contributed by atoms with Gasteiger partial charge in [-0.15, -0.1) is 0 Å². The van der Waals surface area contributed by atoms with Crippen LogP contribution in [0.4, 0.5) is 4.39 Å². The zero-order valence-electron chi connectivity index (χ0n) is 16.7. The number of halogens is 1. The molecule has 144 valence electrons. The fourth-order valence-electron chi connectivity index (χ4n) is 2.21. The molecule has 0 fully saturated rings. The molecule has 0 aromatic heterocycles. The van der Waals surface area contributed by atoms with Gasteiger partial charge in [0, 0.05) is 11.1 Å². The van der Waals surface area contributed by atoms with E-state index < -0.39 is 14.1 Å². The average Bonchev–Trinajstić information content (AvgIpc) is 2.58. The van der Waals surface area contributed by atoms with E-state index in [0.717, 1.165) is 6.07 Å². The molecule has 27 heavy (non-hydrogen) atoms. The van der Waals surface area contributed by atoms with Crippen LogP contribution in [-0.2, 0) is 11.0 Å². The van der Waals surface area contributed by atoms with Crippen molar-refractivity contribution in [3.05, 3.63) is 52.8 Å². The van der Waals surface area contributed by atoms with Crippen LogP contribution in [0.5, 0.6) is 17.2 Å². The molecule has 2 rings (SSSR count). The van der Waals surface area contributed by atoms with Gasteiger partial charge in [-0.25, -0.2) is 4.39 Å². The summed E-state index contributed by atoms with van der Waals surface area (Å²) >= 11 is 0. The lowest BCUT2D eigenvalue weighted by atomic mass is 10.1. The van der Waals surface area contributed by atoms with Crippen molar-refractivity contribution in [2.24, 2.45) is 0 Å². The summed E-state index contributed by atoms with van der Waals surface area (Å²) in [5.41, 5.74) is 1.40. The number of hydrogen-bond donors (Lipinski definition) is 1. The Hall–Kier alpha value is -2.36. The number of rotatable bonds is 5. The predicted molar refractivity (Wildman–Crippen MR) is 106 cm³/mol. The predicted octanol–water partition coefficient (Wildman–Crippen LogP) is 6.03. The third-order valence-corrected chi connectivity index (χ3v) is 9.62. The standard InChI is InChI=1S/C21H26FNO3Si/c1-14-18(26-19-9-7-15(12-23)11-17(19)22)10-8-16(20(14)24)13-25-27(5,6)21(2,3)4/h7-11,24H,13H2,1-6H3. The fraction of sp³-hybridized carbons (Fsp3) is 0.381. The van der Waals surface area contributed by atoms with Gasteiger partial charge < -0.3 is 14.3 Å². The largest absolute Gasteiger partial charge is 0.507 e. The molecule has 0 amide bonds. The van der Waals surface area contributed by atoms with Gasteiger partial charge in [0.15, 0.2) is 19.9 Å². The minimum atomic E-state index is -1.94. The Balaban J connectivity index is 2.21. The van der Waals surface area contributed by atoms with Gasteiger partial charge in [-0.1, -0.05) is 20.8 Å². The van der Waals surface area contributed by atoms with Gasteiger partial charge in [0.2, 0.25) is 0 Å². The number of aromatic hydroxyl groups is 1. The van der Waals surface area contributed by atoms with Crippen molar-refractivity contribution < 1.29 is 18.7 Å². The summed E-state index contributed by atoms with van der Waals surface area (Å²) in [4.78, 5) is 0. The zero-order chi connectivity index (χ0) is 20.4. The van der Waals surface area contributed by atoms with Gasteiger partial charge >= 0.3 is 0 Å². The SMILES string of the molecule is Cc1c(Oc2ccc(C#N)cc2F)ccc(CO[Si](C)(C)C(C)(C)C)c1O. The molecular formula is C21H26FNO3Si. The van der Waals surface area contributed by atoms with Crippen LogP contribution in [0.1, 0.15) is 37.5 Å². The van der Waals surface area contributed by atoms with Crippen molar-refractivity contribution in [2.75, 3.05) is 0 Å². The van der Waals surface area contributed by atoms with Gasteiger partial charge in [0.05, 0.1) is 18.2 Å². The van der Waals surface area contributed by atoms with Crippen LogP contribution in [0, 0.1) is 24.1 Å². The van der Waals surface area contributed by atoms with Crippen molar-refractivity contribution in [1.29, 1.82) is 5.26 Å². The molecule has 0 saturated heterocycles. The number of ether oxygens (including phenoxy) is 1.